The van der Waals surface area contributed by atoms with E-state index in [2.05, 4.69) is 57.0 Å². The van der Waals surface area contributed by atoms with Crippen molar-refractivity contribution in [2.45, 2.75) is 72.4 Å². The minimum absolute atomic E-state index is 0.0581. The lowest BCUT2D eigenvalue weighted by Gasteiger charge is -2.50. The maximum Gasteiger partial charge on any atom is 0.294 e. The number of hydrogen-bond acceptors (Lipinski definition) is 5. The molecule has 36 heavy (non-hydrogen) atoms. The molecule has 0 spiro atoms. The number of benzene rings is 2. The van der Waals surface area contributed by atoms with Gasteiger partial charge in [-0.3, -0.25) is 19.3 Å². The second kappa shape index (κ2) is 9.77. The number of nitrogens with zero attached hydrogens (tertiary/aromatic N) is 2. The van der Waals surface area contributed by atoms with Crippen molar-refractivity contribution in [3.05, 3.63) is 63.6 Å². The molecule has 2 aromatic carbocycles. The van der Waals surface area contributed by atoms with Crippen LogP contribution in [0.5, 0.6) is 0 Å². The fourth-order valence-electron chi connectivity index (χ4n) is 5.49. The molecular weight excluding hydrogens is 470 g/mol. The summed E-state index contributed by atoms with van der Waals surface area (Å²) >= 11 is 0.881. The van der Waals surface area contributed by atoms with Gasteiger partial charge in [-0.15, -0.1) is 0 Å². The summed E-state index contributed by atoms with van der Waals surface area (Å²) in [6.45, 7) is 14.9. The average Bonchev–Trinajstić information content (AvgIpc) is 3.03. The monoisotopic (exact) mass is 505 g/mol. The third-order valence-corrected chi connectivity index (χ3v) is 7.99. The number of carbonyl (C=O) groups excluding carboxylic acids is 3. The summed E-state index contributed by atoms with van der Waals surface area (Å²) in [5.74, 6) is -0.459. The predicted octanol–water partition coefficient (Wildman–Crippen LogP) is 6.48. The lowest BCUT2D eigenvalue weighted by atomic mass is 9.79. The largest absolute Gasteiger partial charge is 0.364 e. The lowest BCUT2D eigenvalue weighted by Crippen LogP contribution is -2.51. The minimum Gasteiger partial charge on any atom is -0.364 e. The zero-order valence-electron chi connectivity index (χ0n) is 22.1. The smallest absolute Gasteiger partial charge is 0.294 e. The van der Waals surface area contributed by atoms with E-state index in [1.807, 2.05) is 38.1 Å². The second-order valence-corrected chi connectivity index (χ2v) is 11.8. The van der Waals surface area contributed by atoms with Crippen molar-refractivity contribution in [1.82, 2.24) is 4.90 Å². The van der Waals surface area contributed by atoms with Gasteiger partial charge in [0, 0.05) is 23.0 Å². The van der Waals surface area contributed by atoms with Gasteiger partial charge in [-0.2, -0.15) is 0 Å². The summed E-state index contributed by atoms with van der Waals surface area (Å²) in [4.78, 5) is 42.0. The Hall–Kier alpha value is -3.06. The summed E-state index contributed by atoms with van der Waals surface area (Å²) in [6, 6.07) is 12.2. The Kier molecular flexibility index (Phi) is 7.06. The van der Waals surface area contributed by atoms with Crippen LogP contribution in [0.4, 0.5) is 16.2 Å². The summed E-state index contributed by atoms with van der Waals surface area (Å²) in [5.41, 5.74) is 6.25. The van der Waals surface area contributed by atoms with E-state index >= 15 is 0 Å². The van der Waals surface area contributed by atoms with Gasteiger partial charge in [-0.1, -0.05) is 19.1 Å². The SMILES string of the molecule is Cc1ccc(NC(=O)CN2C(=O)S/C(=C\c3ccc4c(c3)C(C)CC(C)(C)N4C(C)C)C2=O)cc1C. The van der Waals surface area contributed by atoms with Crippen LogP contribution in [0.2, 0.25) is 0 Å². The summed E-state index contributed by atoms with van der Waals surface area (Å²) in [5, 5.41) is 2.35. The van der Waals surface area contributed by atoms with Gasteiger partial charge in [0.2, 0.25) is 5.91 Å². The quantitative estimate of drug-likeness (QED) is 0.471. The highest BCUT2D eigenvalue weighted by atomic mass is 32.2. The van der Waals surface area contributed by atoms with E-state index in [4.69, 9.17) is 0 Å². The Morgan fingerprint density at radius 2 is 1.86 bits per heavy atom. The number of imide groups is 1. The van der Waals surface area contributed by atoms with Crippen LogP contribution in [0.25, 0.3) is 6.08 Å². The predicted molar refractivity (Wildman–Crippen MR) is 148 cm³/mol. The molecular formula is C29H35N3O3S. The van der Waals surface area contributed by atoms with Crippen molar-refractivity contribution in [3.8, 4) is 0 Å². The highest BCUT2D eigenvalue weighted by molar-refractivity contribution is 8.18. The number of hydrogen-bond donors (Lipinski definition) is 1. The van der Waals surface area contributed by atoms with E-state index in [-0.39, 0.29) is 12.1 Å². The van der Waals surface area contributed by atoms with Crippen molar-refractivity contribution in [2.24, 2.45) is 0 Å². The highest BCUT2D eigenvalue weighted by Gasteiger charge is 2.38. The fraction of sp³-hybridized carbons (Fsp3) is 0.414. The van der Waals surface area contributed by atoms with Crippen LogP contribution in [0.3, 0.4) is 0 Å². The zero-order valence-corrected chi connectivity index (χ0v) is 23.0. The lowest BCUT2D eigenvalue weighted by molar-refractivity contribution is -0.127. The molecule has 4 rings (SSSR count). The molecule has 1 saturated heterocycles. The molecule has 0 saturated carbocycles. The first-order valence-electron chi connectivity index (χ1n) is 12.4. The van der Waals surface area contributed by atoms with Gasteiger partial charge in [-0.25, -0.2) is 0 Å². The first kappa shape index (κ1) is 26.0. The van der Waals surface area contributed by atoms with Crippen LogP contribution >= 0.6 is 11.8 Å². The van der Waals surface area contributed by atoms with Gasteiger partial charge < -0.3 is 10.2 Å². The van der Waals surface area contributed by atoms with Crippen molar-refractivity contribution in [3.63, 3.8) is 0 Å². The number of carbonyl (C=O) groups is 3. The molecule has 2 heterocycles. The maximum atomic E-state index is 13.0. The van der Waals surface area contributed by atoms with Crippen LogP contribution < -0.4 is 10.2 Å². The van der Waals surface area contributed by atoms with Gasteiger partial charge in [0.25, 0.3) is 11.1 Å². The molecule has 0 aliphatic carbocycles. The molecule has 2 aliphatic rings. The molecule has 3 amide bonds. The Bertz CT molecular complexity index is 1260. The molecule has 190 valence electrons. The number of thioether (sulfide) groups is 1. The molecule has 1 N–H and O–H groups in total. The van der Waals surface area contributed by atoms with Crippen molar-refractivity contribution in [2.75, 3.05) is 16.8 Å². The number of aryl methyl sites for hydroxylation is 2. The fourth-order valence-corrected chi connectivity index (χ4v) is 6.33. The molecule has 0 radical (unpaired) electrons. The van der Waals surface area contributed by atoms with Gasteiger partial charge in [-0.05, 0) is 118 Å². The minimum atomic E-state index is -0.434. The van der Waals surface area contributed by atoms with E-state index < -0.39 is 17.1 Å². The highest BCUT2D eigenvalue weighted by Crippen LogP contribution is 2.45. The number of nitrogens with one attached hydrogen (secondary N) is 1. The van der Waals surface area contributed by atoms with E-state index in [1.54, 1.807) is 6.08 Å². The summed E-state index contributed by atoms with van der Waals surface area (Å²) in [7, 11) is 0. The van der Waals surface area contributed by atoms with Crippen molar-refractivity contribution in [1.29, 1.82) is 0 Å². The van der Waals surface area contributed by atoms with Crippen LogP contribution in [0, 0.1) is 13.8 Å². The summed E-state index contributed by atoms with van der Waals surface area (Å²) < 4.78 is 0. The van der Waals surface area contributed by atoms with Gasteiger partial charge in [0.1, 0.15) is 6.54 Å². The van der Waals surface area contributed by atoms with E-state index in [0.29, 0.717) is 22.6 Å². The topological polar surface area (TPSA) is 69.7 Å². The Labute approximate surface area is 218 Å². The second-order valence-electron chi connectivity index (χ2n) is 10.8. The first-order valence-corrected chi connectivity index (χ1v) is 13.2. The molecule has 6 nitrogen and oxygen atoms in total. The van der Waals surface area contributed by atoms with Gasteiger partial charge in [0.05, 0.1) is 4.91 Å². The maximum absolute atomic E-state index is 13.0. The van der Waals surface area contributed by atoms with Crippen molar-refractivity contribution < 1.29 is 14.4 Å². The van der Waals surface area contributed by atoms with Gasteiger partial charge >= 0.3 is 0 Å². The number of anilines is 2. The molecule has 1 unspecified atom stereocenters. The van der Waals surface area contributed by atoms with E-state index in [0.717, 1.165) is 39.8 Å². The molecule has 0 bridgehead atoms. The Balaban J connectivity index is 1.52. The molecule has 2 aromatic rings. The van der Waals surface area contributed by atoms with Gasteiger partial charge in [0.15, 0.2) is 0 Å². The van der Waals surface area contributed by atoms with Crippen LogP contribution in [-0.2, 0) is 9.59 Å². The zero-order chi connectivity index (χ0) is 26.4. The van der Waals surface area contributed by atoms with Crippen LogP contribution in [0.15, 0.2) is 41.3 Å². The number of fused-ring (bicyclic) bond motifs is 1. The Morgan fingerprint density at radius 1 is 1.14 bits per heavy atom. The van der Waals surface area contributed by atoms with E-state index in [9.17, 15) is 14.4 Å². The van der Waals surface area contributed by atoms with Crippen LogP contribution in [0.1, 0.15) is 69.2 Å². The third kappa shape index (κ3) is 5.07. The average molecular weight is 506 g/mol. The number of rotatable bonds is 5. The van der Waals surface area contributed by atoms with Crippen LogP contribution in [-0.4, -0.2) is 40.1 Å². The molecule has 1 atom stereocenters. The molecule has 7 heteroatoms. The number of amides is 3. The Morgan fingerprint density at radius 3 is 2.53 bits per heavy atom. The van der Waals surface area contributed by atoms with E-state index in [1.165, 1.54) is 11.3 Å². The molecule has 1 fully saturated rings. The molecule has 2 aliphatic heterocycles. The molecule has 0 aromatic heterocycles. The first-order chi connectivity index (χ1) is 16.9. The van der Waals surface area contributed by atoms with Crippen molar-refractivity contribution >= 4 is 46.3 Å². The standard InChI is InChI=1S/C29H35N3O3S/c1-17(2)32-24-11-9-21(13-23(24)20(5)15-29(32,6)7)14-25-27(34)31(28(35)36-25)16-26(33)30-22-10-8-18(3)19(4)12-22/h8-14,17,20H,15-16H2,1-7H3,(H,30,33)/b25-14-. The summed E-state index contributed by atoms with van der Waals surface area (Å²) in [6.07, 6.45) is 2.80. The third-order valence-electron chi connectivity index (χ3n) is 7.08. The normalized spacial score (nSPS) is 20.3.